The second-order valence-electron chi connectivity index (χ2n) is 10.9. The van der Waals surface area contributed by atoms with Gasteiger partial charge in [0.2, 0.25) is 0 Å². The summed E-state index contributed by atoms with van der Waals surface area (Å²) in [5.74, 6) is -0.365. The van der Waals surface area contributed by atoms with Crippen molar-refractivity contribution < 1.29 is 9.53 Å². The predicted octanol–water partition coefficient (Wildman–Crippen LogP) is 7.26. The van der Waals surface area contributed by atoms with Gasteiger partial charge in [0.05, 0.1) is 22.8 Å². The predicted molar refractivity (Wildman–Crippen MR) is 149 cm³/mol. The molecule has 0 saturated heterocycles. The van der Waals surface area contributed by atoms with Crippen LogP contribution in [0.5, 0.6) is 0 Å². The molecule has 0 spiro atoms. The summed E-state index contributed by atoms with van der Waals surface area (Å²) in [6, 6.07) is 16.9. The number of nitrogens with zero attached hydrogens (tertiary/aromatic N) is 1. The lowest BCUT2D eigenvalue weighted by molar-refractivity contribution is 0.00695. The number of halogens is 2. The van der Waals surface area contributed by atoms with Crippen LogP contribution in [0.2, 0.25) is 10.0 Å². The molecule has 0 fully saturated rings. The monoisotopic (exact) mass is 528 g/mol. The van der Waals surface area contributed by atoms with Gasteiger partial charge < -0.3 is 14.6 Å². The fourth-order valence-corrected chi connectivity index (χ4v) is 4.26. The number of hydrogen-bond donors (Lipinski definition) is 1. The van der Waals surface area contributed by atoms with Gasteiger partial charge in [0, 0.05) is 12.2 Å². The number of rotatable bonds is 7. The Bertz CT molecular complexity index is 1280. The Kier molecular flexibility index (Phi) is 8.58. The Morgan fingerprint density at radius 3 is 2.22 bits per heavy atom. The van der Waals surface area contributed by atoms with Crippen molar-refractivity contribution in [2.24, 2.45) is 0 Å². The summed E-state index contributed by atoms with van der Waals surface area (Å²) in [7, 11) is 0. The number of carbonyl (C=O) groups is 1. The van der Waals surface area contributed by atoms with Gasteiger partial charge in [-0.1, -0.05) is 68.2 Å². The summed E-state index contributed by atoms with van der Waals surface area (Å²) in [4.78, 5) is 25.2. The molecular formula is C29H34Cl2N2O3. The summed E-state index contributed by atoms with van der Waals surface area (Å²) in [5.41, 5.74) is 3.47. The molecule has 0 amide bonds. The van der Waals surface area contributed by atoms with E-state index in [2.05, 4.69) is 38.2 Å². The molecule has 7 heteroatoms. The molecule has 192 valence electrons. The molecule has 5 nitrogen and oxygen atoms in total. The number of anilines is 1. The summed E-state index contributed by atoms with van der Waals surface area (Å²) in [6.45, 7) is 12.8. The van der Waals surface area contributed by atoms with Gasteiger partial charge >= 0.3 is 5.97 Å². The molecule has 1 heterocycles. The Balaban J connectivity index is 1.77. The molecule has 1 N–H and O–H groups in total. The topological polar surface area (TPSA) is 60.3 Å². The maximum absolute atomic E-state index is 12.9. The molecule has 1 aromatic heterocycles. The average Bonchev–Trinajstić information content (AvgIpc) is 2.78. The van der Waals surface area contributed by atoms with Crippen molar-refractivity contribution in [3.63, 3.8) is 0 Å². The summed E-state index contributed by atoms with van der Waals surface area (Å²) < 4.78 is 7.04. The smallest absolute Gasteiger partial charge is 0.338 e. The average molecular weight is 530 g/mol. The van der Waals surface area contributed by atoms with Crippen molar-refractivity contribution >= 4 is 34.9 Å². The highest BCUT2D eigenvalue weighted by atomic mass is 35.5. The highest BCUT2D eigenvalue weighted by Gasteiger charge is 2.18. The zero-order valence-electron chi connectivity index (χ0n) is 21.7. The lowest BCUT2D eigenvalue weighted by Gasteiger charge is -2.21. The van der Waals surface area contributed by atoms with Crippen LogP contribution in [0, 0.1) is 0 Å². The van der Waals surface area contributed by atoms with Crippen LogP contribution in [-0.4, -0.2) is 16.1 Å². The number of pyridine rings is 1. The van der Waals surface area contributed by atoms with Gasteiger partial charge in [0.15, 0.2) is 0 Å². The van der Waals surface area contributed by atoms with Crippen LogP contribution >= 0.6 is 23.2 Å². The summed E-state index contributed by atoms with van der Waals surface area (Å²) in [5, 5.41) is 3.91. The van der Waals surface area contributed by atoms with Crippen molar-refractivity contribution in [3.8, 4) is 0 Å². The van der Waals surface area contributed by atoms with E-state index in [-0.39, 0.29) is 22.0 Å². The van der Waals surface area contributed by atoms with Gasteiger partial charge in [-0.3, -0.25) is 4.79 Å². The van der Waals surface area contributed by atoms with Gasteiger partial charge in [0.25, 0.3) is 5.56 Å². The lowest BCUT2D eigenvalue weighted by atomic mass is 9.87. The molecule has 0 aliphatic carbocycles. The number of ether oxygens (including phenoxy) is 1. The molecule has 0 aliphatic rings. The molecule has 36 heavy (non-hydrogen) atoms. The summed E-state index contributed by atoms with van der Waals surface area (Å²) >= 11 is 12.7. The largest absolute Gasteiger partial charge is 0.456 e. The van der Waals surface area contributed by atoms with Gasteiger partial charge in [-0.2, -0.15) is 0 Å². The van der Waals surface area contributed by atoms with Crippen molar-refractivity contribution in [1.82, 2.24) is 4.57 Å². The van der Waals surface area contributed by atoms with E-state index in [0.29, 0.717) is 35.8 Å². The fourth-order valence-electron chi connectivity index (χ4n) is 3.72. The van der Waals surface area contributed by atoms with E-state index in [1.54, 1.807) is 16.7 Å². The van der Waals surface area contributed by atoms with E-state index in [1.807, 2.05) is 45.0 Å². The number of benzene rings is 2. The van der Waals surface area contributed by atoms with E-state index < -0.39 is 5.60 Å². The molecule has 0 bridgehead atoms. The molecule has 0 atom stereocenters. The third-order valence-corrected chi connectivity index (χ3v) is 6.30. The number of hydrogen-bond acceptors (Lipinski definition) is 4. The van der Waals surface area contributed by atoms with E-state index in [4.69, 9.17) is 27.9 Å². The first-order chi connectivity index (χ1) is 16.7. The van der Waals surface area contributed by atoms with Gasteiger partial charge in [-0.25, -0.2) is 4.79 Å². The van der Waals surface area contributed by atoms with Crippen molar-refractivity contribution in [3.05, 3.63) is 97.4 Å². The van der Waals surface area contributed by atoms with Crippen molar-refractivity contribution in [2.45, 2.75) is 72.1 Å². The first-order valence-corrected chi connectivity index (χ1v) is 12.7. The highest BCUT2D eigenvalue weighted by Crippen LogP contribution is 2.26. The maximum Gasteiger partial charge on any atom is 0.338 e. The molecule has 3 rings (SSSR count). The van der Waals surface area contributed by atoms with E-state index in [0.717, 1.165) is 11.3 Å². The zero-order valence-corrected chi connectivity index (χ0v) is 23.3. The van der Waals surface area contributed by atoms with Crippen LogP contribution in [0.25, 0.3) is 0 Å². The Morgan fingerprint density at radius 1 is 0.944 bits per heavy atom. The van der Waals surface area contributed by atoms with Crippen LogP contribution in [0.1, 0.15) is 68.7 Å². The third kappa shape index (κ3) is 7.37. The quantitative estimate of drug-likeness (QED) is 0.327. The molecule has 0 unspecified atom stereocenters. The standard InChI is InChI=1S/C29H34Cl2N2O3/c1-28(2,3)21-8-7-9-22(16-21)32-18-25-23(30)17-24(31)26(34)33(25)15-14-19-10-12-20(13-11-19)27(35)36-29(4,5)6/h7-13,16-17,32H,14-15,18H2,1-6H3. The van der Waals surface area contributed by atoms with E-state index in [9.17, 15) is 9.59 Å². The SMILES string of the molecule is CC(C)(C)OC(=O)c1ccc(CCn2c(CNc3cccc(C(C)(C)C)c3)c(Cl)cc(Cl)c2=O)cc1. The lowest BCUT2D eigenvalue weighted by Crippen LogP contribution is -2.26. The molecular weight excluding hydrogens is 495 g/mol. The molecule has 2 aromatic carbocycles. The molecule has 0 saturated carbocycles. The number of aryl methyl sites for hydroxylation is 1. The Morgan fingerprint density at radius 2 is 1.61 bits per heavy atom. The molecule has 0 aliphatic heterocycles. The zero-order chi connectivity index (χ0) is 26.7. The second-order valence-corrected chi connectivity index (χ2v) is 11.7. The van der Waals surface area contributed by atoms with Crippen molar-refractivity contribution in [1.29, 1.82) is 0 Å². The van der Waals surface area contributed by atoms with Gasteiger partial charge in [-0.15, -0.1) is 0 Å². The first kappa shape index (κ1) is 27.8. The number of nitrogens with one attached hydrogen (secondary N) is 1. The Labute approximate surface area is 223 Å². The highest BCUT2D eigenvalue weighted by molar-refractivity contribution is 6.34. The van der Waals surface area contributed by atoms with Gasteiger partial charge in [-0.05, 0) is 74.1 Å². The third-order valence-electron chi connectivity index (χ3n) is 5.71. The van der Waals surface area contributed by atoms with Crippen LogP contribution in [-0.2, 0) is 29.7 Å². The molecule has 0 radical (unpaired) electrons. The van der Waals surface area contributed by atoms with Gasteiger partial charge in [0.1, 0.15) is 10.6 Å². The minimum absolute atomic E-state index is 0.0245. The van der Waals surface area contributed by atoms with Crippen molar-refractivity contribution in [2.75, 3.05) is 5.32 Å². The van der Waals surface area contributed by atoms with E-state index >= 15 is 0 Å². The maximum atomic E-state index is 12.9. The van der Waals surface area contributed by atoms with E-state index in [1.165, 1.54) is 11.6 Å². The van der Waals surface area contributed by atoms with Crippen LogP contribution < -0.4 is 10.9 Å². The number of esters is 1. The minimum atomic E-state index is -0.554. The summed E-state index contributed by atoms with van der Waals surface area (Å²) in [6.07, 6.45) is 0.567. The van der Waals surface area contributed by atoms with Crippen LogP contribution in [0.15, 0.2) is 59.4 Å². The molecule has 3 aromatic rings. The van der Waals surface area contributed by atoms with Crippen LogP contribution in [0.3, 0.4) is 0 Å². The first-order valence-electron chi connectivity index (χ1n) is 12.0. The second kappa shape index (κ2) is 11.1. The number of carbonyl (C=O) groups excluding carboxylic acids is 1. The van der Waals surface area contributed by atoms with Crippen LogP contribution in [0.4, 0.5) is 5.69 Å². The minimum Gasteiger partial charge on any atom is -0.456 e. The fraction of sp³-hybridized carbons (Fsp3) is 0.379. The Hall–Kier alpha value is -2.76. The normalized spacial score (nSPS) is 11.9. The number of aromatic nitrogens is 1.